The Hall–Kier alpha value is -2.37. The number of nitrogens with one attached hydrogen (secondary N) is 1. The lowest BCUT2D eigenvalue weighted by atomic mass is 10.1. The Bertz CT molecular complexity index is 699. The predicted molar refractivity (Wildman–Crippen MR) is 89.9 cm³/mol. The Morgan fingerprint density at radius 2 is 2.04 bits per heavy atom. The molecule has 1 N–H and O–H groups in total. The van der Waals surface area contributed by atoms with Crippen molar-refractivity contribution in [2.75, 3.05) is 5.32 Å². The summed E-state index contributed by atoms with van der Waals surface area (Å²) in [4.78, 5) is 16.5. The molecule has 0 bridgehead atoms. The van der Waals surface area contributed by atoms with Crippen LogP contribution in [-0.4, -0.2) is 26.3 Å². The Balaban J connectivity index is 2.22. The van der Waals surface area contributed by atoms with Gasteiger partial charge in [0.05, 0.1) is 6.20 Å². The van der Waals surface area contributed by atoms with Crippen LogP contribution in [0.1, 0.15) is 56.7 Å². The number of hydrogen-bond donors (Lipinski definition) is 1. The summed E-state index contributed by atoms with van der Waals surface area (Å²) in [5.74, 6) is 0.604. The third-order valence-electron chi connectivity index (χ3n) is 3.19. The molecule has 0 fully saturated rings. The van der Waals surface area contributed by atoms with Crippen molar-refractivity contribution in [1.82, 2.24) is 14.8 Å². The number of nitrogens with zero attached hydrogens (tertiary/aromatic N) is 3. The van der Waals surface area contributed by atoms with E-state index >= 15 is 0 Å². The molecule has 0 atom stereocenters. The number of carbonyl (C=O) groups is 1. The van der Waals surface area contributed by atoms with Crippen LogP contribution in [0, 0.1) is 0 Å². The van der Waals surface area contributed by atoms with Gasteiger partial charge in [-0.1, -0.05) is 13.8 Å². The van der Waals surface area contributed by atoms with Crippen LogP contribution in [0.25, 0.3) is 0 Å². The van der Waals surface area contributed by atoms with E-state index in [2.05, 4.69) is 29.2 Å². The highest BCUT2D eigenvalue weighted by Crippen LogP contribution is 2.27. The second-order valence-corrected chi connectivity index (χ2v) is 6.77. The summed E-state index contributed by atoms with van der Waals surface area (Å²) in [6.07, 6.45) is 3.21. The maximum absolute atomic E-state index is 12.4. The number of carbonyl (C=O) groups excluding carboxylic acids is 1. The topological polar surface area (TPSA) is 69.0 Å². The summed E-state index contributed by atoms with van der Waals surface area (Å²) in [5.41, 5.74) is 1.55. The van der Waals surface area contributed by atoms with Gasteiger partial charge in [0, 0.05) is 25.0 Å². The minimum absolute atomic E-state index is 0.278. The molecule has 0 aliphatic carbocycles. The van der Waals surface area contributed by atoms with Crippen LogP contribution in [0.15, 0.2) is 24.5 Å². The summed E-state index contributed by atoms with van der Waals surface area (Å²) < 4.78 is 7.59. The van der Waals surface area contributed by atoms with E-state index in [4.69, 9.17) is 4.74 Å². The van der Waals surface area contributed by atoms with Gasteiger partial charge in [-0.25, -0.2) is 0 Å². The molecule has 0 aromatic carbocycles. The lowest BCUT2D eigenvalue weighted by Crippen LogP contribution is -2.24. The average molecular weight is 316 g/mol. The minimum atomic E-state index is -0.364. The van der Waals surface area contributed by atoms with Gasteiger partial charge in [-0.15, -0.1) is 0 Å². The average Bonchev–Trinajstić information content (AvgIpc) is 2.81. The Morgan fingerprint density at radius 3 is 2.61 bits per heavy atom. The molecular weight excluding hydrogens is 292 g/mol. The first-order chi connectivity index (χ1) is 10.7. The van der Waals surface area contributed by atoms with Crippen molar-refractivity contribution in [3.63, 3.8) is 0 Å². The fourth-order valence-electron chi connectivity index (χ4n) is 2.21. The molecule has 0 aliphatic heterocycles. The molecule has 2 aromatic rings. The molecule has 0 saturated carbocycles. The van der Waals surface area contributed by atoms with Gasteiger partial charge >= 0.3 is 0 Å². The maximum Gasteiger partial charge on any atom is 0.276 e. The standard InChI is InChI=1S/C17H24N4O2/c1-11(2)14-9-12(20-21(14)6)16(22)19-13-10-18-8-7-15(13)23-17(3,4)5/h7-11H,1-6H3,(H,19,22). The predicted octanol–water partition coefficient (Wildman–Crippen LogP) is 3.37. The van der Waals surface area contributed by atoms with Crippen LogP contribution < -0.4 is 10.1 Å². The third-order valence-corrected chi connectivity index (χ3v) is 3.19. The molecule has 0 radical (unpaired) electrons. The first kappa shape index (κ1) is 17.0. The van der Waals surface area contributed by atoms with E-state index < -0.39 is 0 Å². The number of aromatic nitrogens is 3. The number of rotatable bonds is 4. The number of ether oxygens (including phenoxy) is 1. The maximum atomic E-state index is 12.4. The van der Waals surface area contributed by atoms with Gasteiger partial charge in [-0.2, -0.15) is 5.10 Å². The van der Waals surface area contributed by atoms with Crippen LogP contribution in [0.2, 0.25) is 0 Å². The second-order valence-electron chi connectivity index (χ2n) is 6.77. The molecule has 23 heavy (non-hydrogen) atoms. The number of pyridine rings is 1. The molecule has 0 saturated heterocycles. The van der Waals surface area contributed by atoms with Crippen molar-refractivity contribution in [3.05, 3.63) is 35.9 Å². The van der Waals surface area contributed by atoms with E-state index in [1.165, 1.54) is 0 Å². The first-order valence-electron chi connectivity index (χ1n) is 7.65. The van der Waals surface area contributed by atoms with Crippen molar-refractivity contribution in [3.8, 4) is 5.75 Å². The molecule has 0 unspecified atom stereocenters. The van der Waals surface area contributed by atoms with Gasteiger partial charge in [-0.3, -0.25) is 14.5 Å². The van der Waals surface area contributed by atoms with Crippen LogP contribution >= 0.6 is 0 Å². The Labute approximate surface area is 136 Å². The van der Waals surface area contributed by atoms with Crippen LogP contribution in [-0.2, 0) is 7.05 Å². The lowest BCUT2D eigenvalue weighted by Gasteiger charge is -2.22. The summed E-state index contributed by atoms with van der Waals surface area (Å²) in [6, 6.07) is 3.54. The highest BCUT2D eigenvalue weighted by atomic mass is 16.5. The van der Waals surface area contributed by atoms with E-state index in [-0.39, 0.29) is 11.5 Å². The SMILES string of the molecule is CC(C)c1cc(C(=O)Nc2cnccc2OC(C)(C)C)nn1C. The summed E-state index contributed by atoms with van der Waals surface area (Å²) >= 11 is 0. The molecule has 2 rings (SSSR count). The van der Waals surface area contributed by atoms with E-state index in [1.54, 1.807) is 29.2 Å². The molecule has 0 aliphatic rings. The number of aryl methyl sites for hydroxylation is 1. The molecule has 0 spiro atoms. The lowest BCUT2D eigenvalue weighted by molar-refractivity contribution is 0.101. The van der Waals surface area contributed by atoms with Gasteiger partial charge in [0.15, 0.2) is 5.69 Å². The van der Waals surface area contributed by atoms with Crippen molar-refractivity contribution in [1.29, 1.82) is 0 Å². The van der Waals surface area contributed by atoms with Gasteiger partial charge < -0.3 is 10.1 Å². The fraction of sp³-hybridized carbons (Fsp3) is 0.471. The molecule has 124 valence electrons. The smallest absolute Gasteiger partial charge is 0.276 e. The summed E-state index contributed by atoms with van der Waals surface area (Å²) in [6.45, 7) is 9.98. The van der Waals surface area contributed by atoms with Crippen molar-refractivity contribution in [2.24, 2.45) is 7.05 Å². The second kappa shape index (κ2) is 6.40. The van der Waals surface area contributed by atoms with E-state index in [9.17, 15) is 4.79 Å². The molecule has 1 amide bonds. The first-order valence-corrected chi connectivity index (χ1v) is 7.65. The monoisotopic (exact) mass is 316 g/mol. The Morgan fingerprint density at radius 1 is 1.35 bits per heavy atom. The van der Waals surface area contributed by atoms with Crippen LogP contribution in [0.4, 0.5) is 5.69 Å². The fourth-order valence-corrected chi connectivity index (χ4v) is 2.21. The van der Waals surface area contributed by atoms with Gasteiger partial charge in [0.25, 0.3) is 5.91 Å². The summed E-state index contributed by atoms with van der Waals surface area (Å²) in [5, 5.41) is 7.10. The largest absolute Gasteiger partial charge is 0.486 e. The Kier molecular flexibility index (Phi) is 4.73. The summed E-state index contributed by atoms with van der Waals surface area (Å²) in [7, 11) is 1.84. The van der Waals surface area contributed by atoms with Crippen molar-refractivity contribution < 1.29 is 9.53 Å². The van der Waals surface area contributed by atoms with Crippen molar-refractivity contribution in [2.45, 2.75) is 46.1 Å². The zero-order valence-electron chi connectivity index (χ0n) is 14.5. The zero-order chi connectivity index (χ0) is 17.2. The highest BCUT2D eigenvalue weighted by molar-refractivity contribution is 6.03. The van der Waals surface area contributed by atoms with E-state index in [1.807, 2.05) is 27.8 Å². The normalized spacial score (nSPS) is 11.6. The zero-order valence-corrected chi connectivity index (χ0v) is 14.5. The van der Waals surface area contributed by atoms with Crippen molar-refractivity contribution >= 4 is 11.6 Å². The quantitative estimate of drug-likeness (QED) is 0.939. The molecule has 2 aromatic heterocycles. The molecule has 2 heterocycles. The van der Waals surface area contributed by atoms with E-state index in [0.29, 0.717) is 23.0 Å². The number of hydrogen-bond acceptors (Lipinski definition) is 4. The van der Waals surface area contributed by atoms with Gasteiger partial charge in [0.2, 0.25) is 0 Å². The minimum Gasteiger partial charge on any atom is -0.486 e. The van der Waals surface area contributed by atoms with Gasteiger partial charge in [0.1, 0.15) is 17.0 Å². The molecule has 6 nitrogen and oxygen atoms in total. The van der Waals surface area contributed by atoms with Gasteiger partial charge in [-0.05, 0) is 32.8 Å². The highest BCUT2D eigenvalue weighted by Gasteiger charge is 2.19. The molecular formula is C17H24N4O2. The van der Waals surface area contributed by atoms with Crippen LogP contribution in [0.5, 0.6) is 5.75 Å². The molecule has 6 heteroatoms. The number of amides is 1. The van der Waals surface area contributed by atoms with E-state index in [0.717, 1.165) is 5.69 Å². The van der Waals surface area contributed by atoms with Crippen LogP contribution in [0.3, 0.4) is 0 Å². The number of anilines is 1. The third kappa shape index (κ3) is 4.31.